The number of aliphatic hydroxyl groups is 2. The highest BCUT2D eigenvalue weighted by molar-refractivity contribution is 7.07. The second-order valence-corrected chi connectivity index (χ2v) is 26.8. The van der Waals surface area contributed by atoms with Gasteiger partial charge in [-0.3, -0.25) is 9.59 Å². The number of hydrogen-bond donors (Lipinski definition) is 3. The van der Waals surface area contributed by atoms with Gasteiger partial charge in [-0.15, -0.1) is 11.3 Å². The highest BCUT2D eigenvalue weighted by atomic mass is 32.1. The average molecular weight is 1050 g/mol. The summed E-state index contributed by atoms with van der Waals surface area (Å²) in [5, 5.41) is 32.3. The van der Waals surface area contributed by atoms with Crippen LogP contribution in [0.1, 0.15) is 132 Å². The third-order valence-electron chi connectivity index (χ3n) is 15.7. The van der Waals surface area contributed by atoms with Crippen molar-refractivity contribution < 1.29 is 76.5 Å². The van der Waals surface area contributed by atoms with Crippen LogP contribution in [0.25, 0.3) is 0 Å². The molecule has 2 heterocycles. The van der Waals surface area contributed by atoms with Crippen LogP contribution < -0.4 is 5.32 Å². The maximum absolute atomic E-state index is 15.2. The Morgan fingerprint density at radius 3 is 2.15 bits per heavy atom. The monoisotopic (exact) mass is 1040 g/mol. The van der Waals surface area contributed by atoms with Gasteiger partial charge < -0.3 is 57.9 Å². The number of thiazole rings is 1. The summed E-state index contributed by atoms with van der Waals surface area (Å²) in [5.41, 5.74) is -5.71. The van der Waals surface area contributed by atoms with Gasteiger partial charge in [0, 0.05) is 49.5 Å². The molecule has 1 saturated heterocycles. The molecule has 2 bridgehead atoms. The molecule has 1 aromatic carbocycles. The third-order valence-corrected chi connectivity index (χ3v) is 20.9. The van der Waals surface area contributed by atoms with E-state index in [0.29, 0.717) is 23.7 Å². The zero-order chi connectivity index (χ0) is 53.4. The maximum Gasteiger partial charge on any atom is 0.408 e. The van der Waals surface area contributed by atoms with Gasteiger partial charge in [0.25, 0.3) is 0 Å². The van der Waals surface area contributed by atoms with Crippen molar-refractivity contribution in [1.82, 2.24) is 10.3 Å². The Kier molecular flexibility index (Phi) is 17.3. The summed E-state index contributed by atoms with van der Waals surface area (Å²) in [4.78, 5) is 74.9. The van der Waals surface area contributed by atoms with Crippen LogP contribution in [-0.2, 0) is 56.7 Å². The van der Waals surface area contributed by atoms with Crippen LogP contribution in [0.2, 0.25) is 18.1 Å². The van der Waals surface area contributed by atoms with E-state index in [0.717, 1.165) is 0 Å². The van der Waals surface area contributed by atoms with Crippen molar-refractivity contribution in [2.45, 2.75) is 200 Å². The Morgan fingerprint density at radius 2 is 1.62 bits per heavy atom. The fraction of sp³-hybridized carbons (Fsp3) is 0.692. The zero-order valence-corrected chi connectivity index (χ0v) is 46.0. The second kappa shape index (κ2) is 21.9. The summed E-state index contributed by atoms with van der Waals surface area (Å²) in [5.74, 6) is -4.66. The number of alkyl carbamates (subject to hydrolysis) is 1. The summed E-state index contributed by atoms with van der Waals surface area (Å²) in [6.45, 7) is 23.8. The number of rotatable bonds is 18. The Balaban J connectivity index is 1.63. The van der Waals surface area contributed by atoms with Gasteiger partial charge in [-0.05, 0) is 83.0 Å². The van der Waals surface area contributed by atoms with E-state index in [4.69, 9.17) is 42.3 Å². The van der Waals surface area contributed by atoms with E-state index < -0.39 is 133 Å². The molecule has 0 spiro atoms. The summed E-state index contributed by atoms with van der Waals surface area (Å²) in [7, 11) is -2.61. The van der Waals surface area contributed by atoms with Crippen molar-refractivity contribution in [3.05, 3.63) is 63.6 Å². The Bertz CT molecular complexity index is 2290. The Labute approximate surface area is 428 Å². The second-order valence-electron chi connectivity index (χ2n) is 21.3. The van der Waals surface area contributed by atoms with Crippen molar-refractivity contribution in [1.29, 1.82) is 0 Å². The van der Waals surface area contributed by atoms with Crippen LogP contribution in [0.15, 0.2) is 52.4 Å². The summed E-state index contributed by atoms with van der Waals surface area (Å²) in [6, 6.07) is 9.03. The first-order chi connectivity index (χ1) is 33.7. The molecule has 1 amide bonds. The number of carbonyl (C=O) groups is 5. The normalized spacial score (nSPS) is 31.1. The van der Waals surface area contributed by atoms with Crippen LogP contribution >= 0.6 is 11.3 Å². The number of benzene rings is 1. The van der Waals surface area contributed by atoms with Crippen molar-refractivity contribution in [2.24, 2.45) is 16.7 Å². The van der Waals surface area contributed by atoms with Crippen molar-refractivity contribution in [3.63, 3.8) is 0 Å². The van der Waals surface area contributed by atoms with Crippen LogP contribution in [-0.4, -0.2) is 133 Å². The van der Waals surface area contributed by atoms with E-state index in [2.05, 4.69) is 31.1 Å². The van der Waals surface area contributed by atoms with Gasteiger partial charge in [0.1, 0.15) is 41.7 Å². The number of aromatic nitrogens is 1. The molecule has 1 aromatic heterocycles. The number of ether oxygens (including phenoxy) is 8. The predicted molar refractivity (Wildman–Crippen MR) is 266 cm³/mol. The van der Waals surface area contributed by atoms with E-state index in [1.54, 1.807) is 98.0 Å². The molecular weight excluding hydrogens is 969 g/mol. The van der Waals surface area contributed by atoms with Gasteiger partial charge in [0.15, 0.2) is 32.4 Å². The first-order valence-corrected chi connectivity index (χ1v) is 28.5. The molecule has 18 nitrogen and oxygen atoms in total. The summed E-state index contributed by atoms with van der Waals surface area (Å²) in [6.07, 6.45) is -12.0. The Hall–Kier alpha value is -4.28. The Morgan fingerprint density at radius 1 is 0.972 bits per heavy atom. The van der Waals surface area contributed by atoms with Gasteiger partial charge >= 0.3 is 30.0 Å². The summed E-state index contributed by atoms with van der Waals surface area (Å²) >= 11 is 1.21. The maximum atomic E-state index is 15.2. The molecule has 13 atom stereocenters. The van der Waals surface area contributed by atoms with Gasteiger partial charge in [-0.25, -0.2) is 19.4 Å². The van der Waals surface area contributed by atoms with Crippen molar-refractivity contribution >= 4 is 49.6 Å². The number of esters is 4. The van der Waals surface area contributed by atoms with E-state index >= 15 is 4.79 Å². The molecule has 72 heavy (non-hydrogen) atoms. The molecule has 0 radical (unpaired) electrons. The quantitative estimate of drug-likeness (QED) is 0.0431. The SMILES string of the molecule is CCOC(C)O[C@@H](C(=O)O[C@H]1C[C@@]2(O)[C@@H](OC(=O)c3ccccc3)[C@@H]3[C@]4(OC(C)=O)CO[C@@H]4C[C@H](O[Si](CC)(CC)CC)[C@@]3(C)[C@@H](O)[C@H](OC(C)=O)C(=C1C)C2(C)C)[C@H](NC(=O)OC(C)(C)C)c1cscn1. The molecule has 2 aromatic rings. The van der Waals surface area contributed by atoms with Gasteiger partial charge in [-0.1, -0.05) is 59.7 Å². The lowest BCUT2D eigenvalue weighted by atomic mass is 9.44. The first kappa shape index (κ1) is 57.0. The molecule has 2 saturated carbocycles. The minimum atomic E-state index is -2.61. The van der Waals surface area contributed by atoms with Crippen molar-refractivity contribution in [3.8, 4) is 0 Å². The molecule has 3 N–H and O–H groups in total. The molecule has 4 aliphatic rings. The van der Waals surface area contributed by atoms with Crippen LogP contribution in [0.3, 0.4) is 0 Å². The van der Waals surface area contributed by atoms with Gasteiger partial charge in [-0.2, -0.15) is 0 Å². The van der Waals surface area contributed by atoms with Crippen LogP contribution in [0.5, 0.6) is 0 Å². The largest absolute Gasteiger partial charge is 0.456 e. The molecule has 400 valence electrons. The van der Waals surface area contributed by atoms with Gasteiger partial charge in [0.2, 0.25) is 0 Å². The number of nitrogens with zero attached hydrogens (tertiary/aromatic N) is 1. The first-order valence-electron chi connectivity index (χ1n) is 25.1. The zero-order valence-electron chi connectivity index (χ0n) is 44.2. The van der Waals surface area contributed by atoms with Crippen LogP contribution in [0, 0.1) is 16.7 Å². The van der Waals surface area contributed by atoms with E-state index in [1.165, 1.54) is 30.7 Å². The third kappa shape index (κ3) is 10.8. The predicted octanol–water partition coefficient (Wildman–Crippen LogP) is 7.52. The molecule has 1 unspecified atom stereocenters. The van der Waals surface area contributed by atoms with E-state index in [1.807, 2.05) is 0 Å². The number of carbonyl (C=O) groups excluding carboxylic acids is 5. The molecule has 1 aliphatic heterocycles. The topological polar surface area (TPSA) is 234 Å². The lowest BCUT2D eigenvalue weighted by molar-refractivity contribution is -0.363. The molecular formula is C52H76N2O16SSi. The lowest BCUT2D eigenvalue weighted by Gasteiger charge is -2.70. The minimum absolute atomic E-state index is 0.136. The highest BCUT2D eigenvalue weighted by Crippen LogP contribution is 2.66. The molecule has 3 aliphatic carbocycles. The lowest BCUT2D eigenvalue weighted by Crippen LogP contribution is -2.83. The summed E-state index contributed by atoms with van der Waals surface area (Å²) < 4.78 is 57.3. The average Bonchev–Trinajstić information content (AvgIpc) is 3.84. The van der Waals surface area contributed by atoms with E-state index in [9.17, 15) is 29.4 Å². The molecule has 3 fully saturated rings. The molecule has 6 rings (SSSR count). The van der Waals surface area contributed by atoms with Gasteiger partial charge in [0.05, 0.1) is 35.4 Å². The van der Waals surface area contributed by atoms with Crippen molar-refractivity contribution in [2.75, 3.05) is 13.2 Å². The fourth-order valence-corrected chi connectivity index (χ4v) is 15.3. The highest BCUT2D eigenvalue weighted by Gasteiger charge is 2.78. The minimum Gasteiger partial charge on any atom is -0.456 e. The van der Waals surface area contributed by atoms with Crippen LogP contribution in [0.4, 0.5) is 4.79 Å². The smallest absolute Gasteiger partial charge is 0.408 e. The number of amides is 1. The standard InChI is InChI=1S/C52H76N2O16SSi/c1-15-62-32(8)65-41(39(34-26-71-28-53-34)54-47(60)69-48(9,10)11)46(59)66-35-25-52(61)44(67-45(58)33-22-20-19-21-23-33)42-50(14,43(57)40(64-30(6)55)38(29(35)5)49(52,12)13)36(70-72(16-2,17-3)18-4)24-37-51(42,27-63-37)68-31(7)56/h19-23,26,28,32,35-37,39-44,57,61H,15-18,24-25,27H2,1-14H3,(H,54,60)/t32?,35-,36-,37+,39+,40+,41+,42-,43-,44-,50+,51-,52+/m0/s1. The number of fused-ring (bicyclic) bond motifs is 5. The fourth-order valence-electron chi connectivity index (χ4n) is 11.8. The number of aliphatic hydroxyl groups excluding tert-OH is 1. The van der Waals surface area contributed by atoms with E-state index in [-0.39, 0.29) is 36.5 Å². The number of nitrogens with one attached hydrogen (secondary N) is 1. The molecule has 20 heteroatoms. The number of hydrogen-bond acceptors (Lipinski definition) is 18.